The van der Waals surface area contributed by atoms with Crippen LogP contribution in [0.4, 0.5) is 0 Å². The Hall–Kier alpha value is -2.93. The lowest BCUT2D eigenvalue weighted by atomic mass is 10.1. The van der Waals surface area contributed by atoms with Crippen LogP contribution in [0, 0.1) is 0 Å². The molecule has 0 spiro atoms. The van der Waals surface area contributed by atoms with Gasteiger partial charge in [0.25, 0.3) is 5.91 Å². The van der Waals surface area contributed by atoms with Gasteiger partial charge in [-0.1, -0.05) is 54.6 Å². The highest BCUT2D eigenvalue weighted by Crippen LogP contribution is 2.30. The number of nitrogens with zero attached hydrogens (tertiary/aromatic N) is 1. The summed E-state index contributed by atoms with van der Waals surface area (Å²) in [6, 6.07) is 29.3. The van der Waals surface area contributed by atoms with Crippen molar-refractivity contribution in [2.45, 2.75) is 18.4 Å². The summed E-state index contributed by atoms with van der Waals surface area (Å²) in [5, 5.41) is 7.95. The van der Waals surface area contributed by atoms with Gasteiger partial charge in [0.2, 0.25) is 0 Å². The molecular formula is C29H29N3OS2. The number of rotatable bonds is 10. The van der Waals surface area contributed by atoms with Gasteiger partial charge in [0, 0.05) is 63.4 Å². The van der Waals surface area contributed by atoms with Crippen LogP contribution in [0.1, 0.15) is 17.3 Å². The van der Waals surface area contributed by atoms with E-state index in [1.165, 1.54) is 32.1 Å². The SMILES string of the molecule is CCn1c2ccccc2c2cc(C(=O)NCCSCCNSc3cccc4ccccc34)ccc21. The zero-order chi connectivity index (χ0) is 24.0. The maximum Gasteiger partial charge on any atom is 0.251 e. The minimum Gasteiger partial charge on any atom is -0.351 e. The third kappa shape index (κ3) is 5.20. The van der Waals surface area contributed by atoms with Crippen molar-refractivity contribution in [3.8, 4) is 0 Å². The van der Waals surface area contributed by atoms with Crippen LogP contribution in [0.2, 0.25) is 0 Å². The molecule has 1 aromatic heterocycles. The van der Waals surface area contributed by atoms with Gasteiger partial charge in [-0.3, -0.25) is 9.52 Å². The zero-order valence-electron chi connectivity index (χ0n) is 19.8. The lowest BCUT2D eigenvalue weighted by molar-refractivity contribution is 0.0956. The highest BCUT2D eigenvalue weighted by atomic mass is 32.2. The minimum absolute atomic E-state index is 0.00883. The monoisotopic (exact) mass is 499 g/mol. The second kappa shape index (κ2) is 11.2. The molecule has 0 saturated heterocycles. The van der Waals surface area contributed by atoms with Gasteiger partial charge in [-0.2, -0.15) is 11.8 Å². The molecule has 0 radical (unpaired) electrons. The van der Waals surface area contributed by atoms with Crippen LogP contribution in [0.25, 0.3) is 32.6 Å². The topological polar surface area (TPSA) is 46.1 Å². The molecule has 5 aromatic rings. The number of benzene rings is 4. The van der Waals surface area contributed by atoms with Crippen LogP contribution in [0.15, 0.2) is 89.8 Å². The summed E-state index contributed by atoms with van der Waals surface area (Å²) in [7, 11) is 0. The van der Waals surface area contributed by atoms with Crippen LogP contribution in [-0.4, -0.2) is 35.1 Å². The Kier molecular flexibility index (Phi) is 7.62. The second-order valence-electron chi connectivity index (χ2n) is 8.34. The quantitative estimate of drug-likeness (QED) is 0.165. The number of aryl methyl sites for hydroxylation is 1. The van der Waals surface area contributed by atoms with E-state index in [0.29, 0.717) is 6.54 Å². The summed E-state index contributed by atoms with van der Waals surface area (Å²) < 4.78 is 5.77. The van der Waals surface area contributed by atoms with Crippen molar-refractivity contribution in [2.75, 3.05) is 24.6 Å². The predicted molar refractivity (Wildman–Crippen MR) is 153 cm³/mol. The van der Waals surface area contributed by atoms with Gasteiger partial charge in [0.05, 0.1) is 0 Å². The predicted octanol–water partition coefficient (Wildman–Crippen LogP) is 6.73. The zero-order valence-corrected chi connectivity index (χ0v) is 21.4. The molecule has 0 aliphatic carbocycles. The van der Waals surface area contributed by atoms with E-state index in [1.807, 2.05) is 23.9 Å². The Morgan fingerprint density at radius 1 is 0.800 bits per heavy atom. The molecule has 178 valence electrons. The second-order valence-corrected chi connectivity index (χ2v) is 10.5. The number of fused-ring (bicyclic) bond motifs is 4. The summed E-state index contributed by atoms with van der Waals surface area (Å²) >= 11 is 3.53. The third-order valence-electron chi connectivity index (χ3n) is 6.16. The molecule has 0 atom stereocenters. The summed E-state index contributed by atoms with van der Waals surface area (Å²) in [6.07, 6.45) is 0. The standard InChI is InChI=1S/C29H29N3OS2/c1-2-32-26-12-6-5-11-24(26)25-20-22(14-15-27(25)32)29(33)30-16-18-34-19-17-31-35-28-13-7-9-21-8-3-4-10-23(21)28/h3-15,20,31H,2,16-19H2,1H3,(H,30,33). The van der Waals surface area contributed by atoms with Crippen LogP contribution in [0.5, 0.6) is 0 Å². The number of amides is 1. The average molecular weight is 500 g/mol. The fourth-order valence-corrected chi connectivity index (χ4v) is 6.13. The first-order chi connectivity index (χ1) is 17.3. The van der Waals surface area contributed by atoms with Gasteiger partial charge in [0.15, 0.2) is 0 Å². The van der Waals surface area contributed by atoms with Crippen LogP contribution in [-0.2, 0) is 6.54 Å². The molecule has 0 bridgehead atoms. The van der Waals surface area contributed by atoms with E-state index in [9.17, 15) is 4.79 Å². The van der Waals surface area contributed by atoms with Crippen LogP contribution < -0.4 is 10.0 Å². The van der Waals surface area contributed by atoms with Gasteiger partial charge in [-0.05, 0) is 60.0 Å². The number of carbonyl (C=O) groups excluding carboxylic acids is 1. The third-order valence-corrected chi connectivity index (χ3v) is 8.07. The van der Waals surface area contributed by atoms with Crippen molar-refractivity contribution in [1.82, 2.24) is 14.6 Å². The van der Waals surface area contributed by atoms with E-state index in [-0.39, 0.29) is 5.91 Å². The van der Waals surface area contributed by atoms with Gasteiger partial charge < -0.3 is 9.88 Å². The molecule has 2 N–H and O–H groups in total. The number of carbonyl (C=O) groups is 1. The van der Waals surface area contributed by atoms with Crippen molar-refractivity contribution < 1.29 is 4.79 Å². The number of hydrogen-bond acceptors (Lipinski definition) is 4. The molecule has 0 saturated carbocycles. The van der Waals surface area contributed by atoms with Crippen molar-refractivity contribution in [3.63, 3.8) is 0 Å². The smallest absolute Gasteiger partial charge is 0.251 e. The number of thioether (sulfide) groups is 1. The lowest BCUT2D eigenvalue weighted by Crippen LogP contribution is -2.26. The number of aromatic nitrogens is 1. The fourth-order valence-electron chi connectivity index (χ4n) is 4.50. The highest BCUT2D eigenvalue weighted by Gasteiger charge is 2.12. The summed E-state index contributed by atoms with van der Waals surface area (Å²) in [5.74, 6) is 1.88. The Bertz CT molecular complexity index is 1470. The van der Waals surface area contributed by atoms with E-state index in [2.05, 4.69) is 94.3 Å². The molecule has 5 rings (SSSR count). The average Bonchev–Trinajstić information content (AvgIpc) is 3.23. The normalized spacial score (nSPS) is 11.5. The van der Waals surface area contributed by atoms with Gasteiger partial charge in [-0.15, -0.1) is 0 Å². The molecule has 0 fully saturated rings. The molecule has 0 aliphatic heterocycles. The van der Waals surface area contributed by atoms with E-state index in [0.717, 1.165) is 35.5 Å². The number of para-hydroxylation sites is 1. The first kappa shape index (κ1) is 23.8. The molecular weight excluding hydrogens is 470 g/mol. The lowest BCUT2D eigenvalue weighted by Gasteiger charge is -2.08. The first-order valence-corrected chi connectivity index (χ1v) is 14.0. The van der Waals surface area contributed by atoms with E-state index in [1.54, 1.807) is 11.9 Å². The van der Waals surface area contributed by atoms with E-state index >= 15 is 0 Å². The maximum atomic E-state index is 12.8. The van der Waals surface area contributed by atoms with Gasteiger partial charge in [0.1, 0.15) is 0 Å². The Morgan fingerprint density at radius 2 is 1.54 bits per heavy atom. The van der Waals surface area contributed by atoms with E-state index in [4.69, 9.17) is 0 Å². The largest absolute Gasteiger partial charge is 0.351 e. The molecule has 6 heteroatoms. The summed E-state index contributed by atoms with van der Waals surface area (Å²) in [4.78, 5) is 14.0. The summed E-state index contributed by atoms with van der Waals surface area (Å²) in [6.45, 7) is 4.63. The van der Waals surface area contributed by atoms with Crippen molar-refractivity contribution in [3.05, 3.63) is 90.5 Å². The maximum absolute atomic E-state index is 12.8. The van der Waals surface area contributed by atoms with E-state index < -0.39 is 0 Å². The van der Waals surface area contributed by atoms with Crippen molar-refractivity contribution in [2.24, 2.45) is 0 Å². The molecule has 0 unspecified atom stereocenters. The Balaban J connectivity index is 1.08. The fraction of sp³-hybridized carbons (Fsp3) is 0.207. The van der Waals surface area contributed by atoms with Gasteiger partial charge in [-0.25, -0.2) is 0 Å². The van der Waals surface area contributed by atoms with Crippen molar-refractivity contribution >= 4 is 62.2 Å². The minimum atomic E-state index is -0.00883. The molecule has 1 heterocycles. The summed E-state index contributed by atoms with van der Waals surface area (Å²) in [5.41, 5.74) is 3.11. The Morgan fingerprint density at radius 3 is 2.43 bits per heavy atom. The van der Waals surface area contributed by atoms with Crippen LogP contribution >= 0.6 is 23.7 Å². The number of hydrogen-bond donors (Lipinski definition) is 2. The Labute approximate surface area is 214 Å². The first-order valence-electron chi connectivity index (χ1n) is 12.0. The van der Waals surface area contributed by atoms with Crippen LogP contribution in [0.3, 0.4) is 0 Å². The number of nitrogens with one attached hydrogen (secondary N) is 2. The van der Waals surface area contributed by atoms with Crippen molar-refractivity contribution in [1.29, 1.82) is 0 Å². The molecule has 35 heavy (non-hydrogen) atoms. The molecule has 1 amide bonds. The molecule has 4 nitrogen and oxygen atoms in total. The molecule has 0 aliphatic rings. The molecule has 4 aromatic carbocycles. The highest BCUT2D eigenvalue weighted by molar-refractivity contribution is 7.99. The van der Waals surface area contributed by atoms with Gasteiger partial charge >= 0.3 is 0 Å².